The number of nitro groups is 1. The number of ether oxygens (including phenoxy) is 1. The fraction of sp³-hybridized carbons (Fsp3) is 0.562. The molecule has 0 saturated carbocycles. The first-order chi connectivity index (χ1) is 10.7. The van der Waals surface area contributed by atoms with Crippen LogP contribution in [0.15, 0.2) is 12.1 Å². The van der Waals surface area contributed by atoms with Crippen LogP contribution in [0, 0.1) is 10.1 Å². The summed E-state index contributed by atoms with van der Waals surface area (Å²) in [5.74, 6) is 0.162. The number of nitro benzene ring substituents is 1. The predicted molar refractivity (Wildman–Crippen MR) is 88.2 cm³/mol. The first kappa shape index (κ1) is 17.2. The van der Waals surface area contributed by atoms with E-state index in [1.165, 1.54) is 13.2 Å². The summed E-state index contributed by atoms with van der Waals surface area (Å²) in [6, 6.07) is 3.16. The molecule has 0 aliphatic carbocycles. The van der Waals surface area contributed by atoms with Gasteiger partial charge in [0.2, 0.25) is 5.91 Å². The van der Waals surface area contributed by atoms with E-state index in [-0.39, 0.29) is 29.3 Å². The number of anilines is 1. The molecule has 0 fully saturated rings. The van der Waals surface area contributed by atoms with Crippen LogP contribution >= 0.6 is 0 Å². The molecule has 2 rings (SSSR count). The summed E-state index contributed by atoms with van der Waals surface area (Å²) in [5.41, 5.74) is 1.22. The maximum atomic E-state index is 12.5. The quantitative estimate of drug-likeness (QED) is 0.627. The van der Waals surface area contributed by atoms with Crippen LogP contribution in [0.1, 0.15) is 25.8 Å². The molecule has 23 heavy (non-hydrogen) atoms. The second-order valence-electron chi connectivity index (χ2n) is 6.72. The molecule has 1 heterocycles. The molecular formula is C16H23N3O4. The molecule has 0 aromatic heterocycles. The fourth-order valence-electron chi connectivity index (χ4n) is 2.89. The SMILES string of the molecule is COc1cc2c(cc1[N+](=O)[O-])N(C(=O)CN(C)C)CCC2(C)C. The zero-order chi connectivity index (χ0) is 17.4. The summed E-state index contributed by atoms with van der Waals surface area (Å²) in [6.45, 7) is 4.96. The first-order valence-corrected chi connectivity index (χ1v) is 7.49. The highest BCUT2D eigenvalue weighted by Crippen LogP contribution is 2.45. The van der Waals surface area contributed by atoms with Crippen molar-refractivity contribution < 1.29 is 14.5 Å². The van der Waals surface area contributed by atoms with Crippen molar-refractivity contribution in [1.29, 1.82) is 0 Å². The Kier molecular flexibility index (Phi) is 4.61. The van der Waals surface area contributed by atoms with Gasteiger partial charge in [0.15, 0.2) is 5.75 Å². The summed E-state index contributed by atoms with van der Waals surface area (Å²) in [6.07, 6.45) is 0.792. The molecule has 1 aliphatic rings. The fourth-order valence-corrected chi connectivity index (χ4v) is 2.89. The summed E-state index contributed by atoms with van der Waals surface area (Å²) in [7, 11) is 5.06. The van der Waals surface area contributed by atoms with E-state index in [9.17, 15) is 14.9 Å². The smallest absolute Gasteiger partial charge is 0.313 e. The lowest BCUT2D eigenvalue weighted by atomic mass is 9.77. The van der Waals surface area contributed by atoms with Gasteiger partial charge in [-0.2, -0.15) is 0 Å². The monoisotopic (exact) mass is 321 g/mol. The Bertz CT molecular complexity index is 640. The number of likely N-dealkylation sites (N-methyl/N-ethyl adjacent to an activating group) is 1. The highest BCUT2D eigenvalue weighted by atomic mass is 16.6. The van der Waals surface area contributed by atoms with Crippen LogP contribution in [0.25, 0.3) is 0 Å². The van der Waals surface area contributed by atoms with Crippen molar-refractivity contribution in [2.24, 2.45) is 0 Å². The molecule has 7 heteroatoms. The molecule has 7 nitrogen and oxygen atoms in total. The van der Waals surface area contributed by atoms with Gasteiger partial charge in [-0.05, 0) is 37.6 Å². The second-order valence-corrected chi connectivity index (χ2v) is 6.72. The maximum Gasteiger partial charge on any atom is 0.313 e. The molecule has 1 aromatic carbocycles. The summed E-state index contributed by atoms with van der Waals surface area (Å²) < 4.78 is 5.17. The minimum atomic E-state index is -0.477. The van der Waals surface area contributed by atoms with Gasteiger partial charge in [0.05, 0.1) is 24.3 Å². The van der Waals surface area contributed by atoms with Crippen LogP contribution in [-0.2, 0) is 10.2 Å². The van der Waals surface area contributed by atoms with Crippen LogP contribution in [0.5, 0.6) is 5.75 Å². The molecule has 0 N–H and O–H groups in total. The molecule has 1 amide bonds. The Hall–Kier alpha value is -2.15. The molecule has 0 saturated heterocycles. The minimum absolute atomic E-state index is 0.0637. The van der Waals surface area contributed by atoms with Gasteiger partial charge in [-0.1, -0.05) is 13.8 Å². The zero-order valence-electron chi connectivity index (χ0n) is 14.3. The summed E-state index contributed by atoms with van der Waals surface area (Å²) in [5, 5.41) is 11.3. The van der Waals surface area contributed by atoms with E-state index in [0.717, 1.165) is 12.0 Å². The van der Waals surface area contributed by atoms with E-state index in [4.69, 9.17) is 4.74 Å². The van der Waals surface area contributed by atoms with Crippen LogP contribution in [0.4, 0.5) is 11.4 Å². The third kappa shape index (κ3) is 3.29. The molecule has 126 valence electrons. The van der Waals surface area contributed by atoms with Crippen molar-refractivity contribution in [2.45, 2.75) is 25.7 Å². The summed E-state index contributed by atoms with van der Waals surface area (Å²) >= 11 is 0. The van der Waals surface area contributed by atoms with Crippen LogP contribution in [0.2, 0.25) is 0 Å². The Morgan fingerprint density at radius 2 is 2.09 bits per heavy atom. The average Bonchev–Trinajstić information content (AvgIpc) is 2.45. The van der Waals surface area contributed by atoms with Gasteiger partial charge in [-0.25, -0.2) is 0 Å². The van der Waals surface area contributed by atoms with Crippen molar-refractivity contribution in [2.75, 3.05) is 39.2 Å². The molecule has 1 aromatic rings. The summed E-state index contributed by atoms with van der Waals surface area (Å²) in [4.78, 5) is 26.8. The van der Waals surface area contributed by atoms with Crippen molar-refractivity contribution in [1.82, 2.24) is 4.90 Å². The Balaban J connectivity index is 2.58. The molecule has 0 unspecified atom stereocenters. The maximum absolute atomic E-state index is 12.5. The van der Waals surface area contributed by atoms with E-state index >= 15 is 0 Å². The molecule has 0 atom stereocenters. The van der Waals surface area contributed by atoms with Gasteiger partial charge in [-0.3, -0.25) is 14.9 Å². The third-order valence-electron chi connectivity index (χ3n) is 4.23. The zero-order valence-corrected chi connectivity index (χ0v) is 14.3. The van der Waals surface area contributed by atoms with Crippen molar-refractivity contribution >= 4 is 17.3 Å². The number of carbonyl (C=O) groups is 1. The lowest BCUT2D eigenvalue weighted by Gasteiger charge is -2.39. The van der Waals surface area contributed by atoms with Crippen molar-refractivity contribution in [3.63, 3.8) is 0 Å². The lowest BCUT2D eigenvalue weighted by molar-refractivity contribution is -0.385. The average molecular weight is 321 g/mol. The third-order valence-corrected chi connectivity index (χ3v) is 4.23. The standard InChI is InChI=1S/C16H23N3O4/c1-16(2)6-7-18(15(20)10-17(3)4)12-9-13(19(21)22)14(23-5)8-11(12)16/h8-9H,6-7,10H2,1-5H3. The highest BCUT2D eigenvalue weighted by Gasteiger charge is 2.36. The van der Waals surface area contributed by atoms with Crippen LogP contribution < -0.4 is 9.64 Å². The van der Waals surface area contributed by atoms with Gasteiger partial charge in [0, 0.05) is 12.6 Å². The number of fused-ring (bicyclic) bond motifs is 1. The number of rotatable bonds is 4. The van der Waals surface area contributed by atoms with Gasteiger partial charge in [-0.15, -0.1) is 0 Å². The van der Waals surface area contributed by atoms with Crippen molar-refractivity contribution in [3.8, 4) is 5.75 Å². The number of amides is 1. The van der Waals surface area contributed by atoms with Crippen LogP contribution in [0.3, 0.4) is 0 Å². The van der Waals surface area contributed by atoms with E-state index < -0.39 is 4.92 Å². The van der Waals surface area contributed by atoms with Gasteiger partial charge < -0.3 is 14.5 Å². The highest BCUT2D eigenvalue weighted by molar-refractivity contribution is 5.97. The first-order valence-electron chi connectivity index (χ1n) is 7.49. The van der Waals surface area contributed by atoms with Gasteiger partial charge >= 0.3 is 5.69 Å². The largest absolute Gasteiger partial charge is 0.490 e. The molecule has 0 bridgehead atoms. The number of nitrogens with zero attached hydrogens (tertiary/aromatic N) is 3. The van der Waals surface area contributed by atoms with Crippen LogP contribution in [-0.4, -0.2) is 50.0 Å². The number of benzene rings is 1. The lowest BCUT2D eigenvalue weighted by Crippen LogP contribution is -2.44. The number of methoxy groups -OCH3 is 1. The second kappa shape index (κ2) is 6.16. The van der Waals surface area contributed by atoms with Crippen molar-refractivity contribution in [3.05, 3.63) is 27.8 Å². The number of hydrogen-bond acceptors (Lipinski definition) is 5. The Labute approximate surface area is 136 Å². The minimum Gasteiger partial charge on any atom is -0.490 e. The normalized spacial score (nSPS) is 16.2. The number of carbonyl (C=O) groups excluding carboxylic acids is 1. The Morgan fingerprint density at radius 3 is 2.61 bits per heavy atom. The molecular weight excluding hydrogens is 298 g/mol. The molecule has 0 spiro atoms. The topological polar surface area (TPSA) is 75.9 Å². The van der Waals surface area contributed by atoms with E-state index in [0.29, 0.717) is 12.2 Å². The predicted octanol–water partition coefficient (Wildman–Crippen LogP) is 2.18. The van der Waals surface area contributed by atoms with E-state index in [2.05, 4.69) is 13.8 Å². The van der Waals surface area contributed by atoms with Gasteiger partial charge in [0.1, 0.15) is 0 Å². The van der Waals surface area contributed by atoms with Gasteiger partial charge in [0.25, 0.3) is 0 Å². The molecule has 0 radical (unpaired) electrons. The number of hydrogen-bond donors (Lipinski definition) is 0. The van der Waals surface area contributed by atoms with E-state index in [1.54, 1.807) is 15.9 Å². The van der Waals surface area contributed by atoms with E-state index in [1.807, 2.05) is 14.1 Å². The molecule has 1 aliphatic heterocycles. The Morgan fingerprint density at radius 1 is 1.43 bits per heavy atom.